The van der Waals surface area contributed by atoms with Gasteiger partial charge in [-0.3, -0.25) is 0 Å². The molecule has 16 heavy (non-hydrogen) atoms. The second-order valence-electron chi connectivity index (χ2n) is 4.40. The molecule has 0 saturated heterocycles. The topological polar surface area (TPSA) is 20.2 Å². The Morgan fingerprint density at radius 1 is 1.38 bits per heavy atom. The van der Waals surface area contributed by atoms with Crippen LogP contribution in [0, 0.1) is 6.92 Å². The van der Waals surface area contributed by atoms with Gasteiger partial charge in [-0.15, -0.1) is 6.58 Å². The summed E-state index contributed by atoms with van der Waals surface area (Å²) >= 11 is 0. The van der Waals surface area contributed by atoms with Crippen LogP contribution in [-0.4, -0.2) is 11.2 Å². The van der Waals surface area contributed by atoms with Gasteiger partial charge in [0.15, 0.2) is 0 Å². The third kappa shape index (κ3) is 5.13. The molecule has 0 aromatic heterocycles. The maximum Gasteiger partial charge on any atom is 0.0543 e. The SMILES string of the molecule is C=CCCCC(O)CCc1cccc(C)c1. The molecule has 0 heterocycles. The fourth-order valence-corrected chi connectivity index (χ4v) is 1.84. The molecule has 1 rings (SSSR count). The molecule has 0 fully saturated rings. The van der Waals surface area contributed by atoms with Crippen molar-refractivity contribution in [3.63, 3.8) is 0 Å². The van der Waals surface area contributed by atoms with Crippen molar-refractivity contribution in [2.75, 3.05) is 0 Å². The minimum absolute atomic E-state index is 0.166. The van der Waals surface area contributed by atoms with Crippen LogP contribution in [0.5, 0.6) is 0 Å². The zero-order valence-corrected chi connectivity index (χ0v) is 10.2. The van der Waals surface area contributed by atoms with Gasteiger partial charge in [-0.2, -0.15) is 0 Å². The molecule has 88 valence electrons. The van der Waals surface area contributed by atoms with Gasteiger partial charge in [0.05, 0.1) is 6.10 Å². The molecule has 0 spiro atoms. The molecule has 0 aliphatic rings. The first-order chi connectivity index (χ1) is 7.72. The Bertz CT molecular complexity index is 317. The first kappa shape index (κ1) is 13.0. The van der Waals surface area contributed by atoms with E-state index >= 15 is 0 Å². The van der Waals surface area contributed by atoms with Crippen molar-refractivity contribution in [2.45, 2.75) is 45.1 Å². The van der Waals surface area contributed by atoms with Crippen LogP contribution in [-0.2, 0) is 6.42 Å². The molecule has 0 aliphatic carbocycles. The predicted molar refractivity (Wildman–Crippen MR) is 69.6 cm³/mol. The molecular formula is C15H22O. The quantitative estimate of drug-likeness (QED) is 0.547. The summed E-state index contributed by atoms with van der Waals surface area (Å²) < 4.78 is 0. The summed E-state index contributed by atoms with van der Waals surface area (Å²) in [5.74, 6) is 0. The van der Waals surface area contributed by atoms with E-state index < -0.39 is 0 Å². The summed E-state index contributed by atoms with van der Waals surface area (Å²) in [6.07, 6.45) is 6.50. The molecule has 1 atom stereocenters. The van der Waals surface area contributed by atoms with Gasteiger partial charge in [0.2, 0.25) is 0 Å². The number of hydrogen-bond acceptors (Lipinski definition) is 1. The van der Waals surface area contributed by atoms with Crippen LogP contribution in [0.4, 0.5) is 0 Å². The summed E-state index contributed by atoms with van der Waals surface area (Å²) in [6.45, 7) is 5.78. The summed E-state index contributed by atoms with van der Waals surface area (Å²) in [5, 5.41) is 9.77. The Hall–Kier alpha value is -1.08. The van der Waals surface area contributed by atoms with E-state index in [4.69, 9.17) is 0 Å². The highest BCUT2D eigenvalue weighted by molar-refractivity contribution is 5.22. The van der Waals surface area contributed by atoms with Crippen molar-refractivity contribution in [3.05, 3.63) is 48.0 Å². The second kappa shape index (κ2) is 7.24. The monoisotopic (exact) mass is 218 g/mol. The molecule has 0 bridgehead atoms. The largest absolute Gasteiger partial charge is 0.393 e. The first-order valence-corrected chi connectivity index (χ1v) is 6.07. The number of allylic oxidation sites excluding steroid dienone is 1. The van der Waals surface area contributed by atoms with Crippen LogP contribution in [0.25, 0.3) is 0 Å². The van der Waals surface area contributed by atoms with Crippen molar-refractivity contribution in [1.29, 1.82) is 0 Å². The summed E-state index contributed by atoms with van der Waals surface area (Å²) in [7, 11) is 0. The Kier molecular flexibility index (Phi) is 5.87. The highest BCUT2D eigenvalue weighted by Gasteiger charge is 2.03. The van der Waals surface area contributed by atoms with Crippen molar-refractivity contribution >= 4 is 0 Å². The van der Waals surface area contributed by atoms with Crippen LogP contribution in [0.2, 0.25) is 0 Å². The van der Waals surface area contributed by atoms with Gasteiger partial charge in [0, 0.05) is 0 Å². The van der Waals surface area contributed by atoms with Crippen molar-refractivity contribution < 1.29 is 5.11 Å². The molecule has 1 N–H and O–H groups in total. The van der Waals surface area contributed by atoms with Gasteiger partial charge >= 0.3 is 0 Å². The van der Waals surface area contributed by atoms with E-state index in [1.54, 1.807) is 0 Å². The molecule has 0 radical (unpaired) electrons. The Morgan fingerprint density at radius 3 is 2.88 bits per heavy atom. The lowest BCUT2D eigenvalue weighted by atomic mass is 10.0. The van der Waals surface area contributed by atoms with E-state index in [-0.39, 0.29) is 6.10 Å². The highest BCUT2D eigenvalue weighted by atomic mass is 16.3. The Morgan fingerprint density at radius 2 is 2.19 bits per heavy atom. The third-order valence-corrected chi connectivity index (χ3v) is 2.79. The van der Waals surface area contributed by atoms with Crippen LogP contribution in [0.1, 0.15) is 36.8 Å². The van der Waals surface area contributed by atoms with Crippen LogP contribution < -0.4 is 0 Å². The molecule has 1 aromatic carbocycles. The van der Waals surface area contributed by atoms with E-state index in [9.17, 15) is 5.11 Å². The maximum atomic E-state index is 9.77. The lowest BCUT2D eigenvalue weighted by Crippen LogP contribution is -2.07. The van der Waals surface area contributed by atoms with Crippen molar-refractivity contribution in [3.8, 4) is 0 Å². The van der Waals surface area contributed by atoms with Gasteiger partial charge in [0.1, 0.15) is 0 Å². The molecule has 0 aliphatic heterocycles. The standard InChI is InChI=1S/C15H22O/c1-3-4-5-9-15(16)11-10-14-8-6-7-13(2)12-14/h3,6-8,12,15-16H,1,4-5,9-11H2,2H3. The normalized spacial score (nSPS) is 12.4. The van der Waals surface area contributed by atoms with E-state index in [2.05, 4.69) is 37.8 Å². The third-order valence-electron chi connectivity index (χ3n) is 2.79. The van der Waals surface area contributed by atoms with E-state index in [1.165, 1.54) is 11.1 Å². The number of aliphatic hydroxyl groups is 1. The molecule has 1 heteroatoms. The minimum Gasteiger partial charge on any atom is -0.393 e. The fraction of sp³-hybridized carbons (Fsp3) is 0.467. The lowest BCUT2D eigenvalue weighted by Gasteiger charge is -2.09. The Balaban J connectivity index is 2.25. The molecular weight excluding hydrogens is 196 g/mol. The number of rotatable bonds is 7. The number of aliphatic hydroxyl groups excluding tert-OH is 1. The first-order valence-electron chi connectivity index (χ1n) is 6.07. The number of unbranched alkanes of at least 4 members (excludes halogenated alkanes) is 1. The molecule has 1 aromatic rings. The Labute approximate surface area is 98.8 Å². The number of hydrogen-bond donors (Lipinski definition) is 1. The maximum absolute atomic E-state index is 9.77. The lowest BCUT2D eigenvalue weighted by molar-refractivity contribution is 0.152. The molecule has 1 nitrogen and oxygen atoms in total. The van der Waals surface area contributed by atoms with Gasteiger partial charge in [0.25, 0.3) is 0 Å². The zero-order chi connectivity index (χ0) is 11.8. The highest BCUT2D eigenvalue weighted by Crippen LogP contribution is 2.11. The van der Waals surface area contributed by atoms with Crippen LogP contribution >= 0.6 is 0 Å². The average molecular weight is 218 g/mol. The second-order valence-corrected chi connectivity index (χ2v) is 4.40. The van der Waals surface area contributed by atoms with Gasteiger partial charge < -0.3 is 5.11 Å². The fourth-order valence-electron chi connectivity index (χ4n) is 1.84. The van der Waals surface area contributed by atoms with E-state index in [0.717, 1.165) is 32.1 Å². The van der Waals surface area contributed by atoms with Gasteiger partial charge in [-0.1, -0.05) is 35.9 Å². The van der Waals surface area contributed by atoms with Crippen molar-refractivity contribution in [2.24, 2.45) is 0 Å². The number of benzene rings is 1. The smallest absolute Gasteiger partial charge is 0.0543 e. The van der Waals surface area contributed by atoms with E-state index in [1.807, 2.05) is 6.08 Å². The summed E-state index contributed by atoms with van der Waals surface area (Å²) in [4.78, 5) is 0. The van der Waals surface area contributed by atoms with Crippen LogP contribution in [0.15, 0.2) is 36.9 Å². The zero-order valence-electron chi connectivity index (χ0n) is 10.2. The summed E-state index contributed by atoms with van der Waals surface area (Å²) in [5.41, 5.74) is 2.61. The predicted octanol–water partition coefficient (Wildman–Crippen LogP) is 3.64. The van der Waals surface area contributed by atoms with E-state index in [0.29, 0.717) is 0 Å². The van der Waals surface area contributed by atoms with Gasteiger partial charge in [-0.25, -0.2) is 0 Å². The number of aryl methyl sites for hydroxylation is 2. The molecule has 0 amide bonds. The van der Waals surface area contributed by atoms with Gasteiger partial charge in [-0.05, 0) is 44.6 Å². The minimum atomic E-state index is -0.166. The molecule has 0 saturated carbocycles. The average Bonchev–Trinajstić information content (AvgIpc) is 2.27. The van der Waals surface area contributed by atoms with Crippen LogP contribution in [0.3, 0.4) is 0 Å². The summed E-state index contributed by atoms with van der Waals surface area (Å²) in [6, 6.07) is 8.50. The van der Waals surface area contributed by atoms with Crippen molar-refractivity contribution in [1.82, 2.24) is 0 Å². The molecule has 1 unspecified atom stereocenters.